The maximum atomic E-state index is 6.68. The average molecular weight is 503 g/mol. The van der Waals surface area contributed by atoms with Crippen molar-refractivity contribution in [1.82, 2.24) is 4.98 Å². The van der Waals surface area contributed by atoms with Crippen LogP contribution in [0.15, 0.2) is 142 Å². The lowest BCUT2D eigenvalue weighted by molar-refractivity contribution is 0.616. The third kappa shape index (κ3) is 3.50. The Labute approximate surface area is 224 Å². The van der Waals surface area contributed by atoms with Crippen LogP contribution in [0.2, 0.25) is 0 Å². The molecule has 0 amide bonds. The van der Waals surface area contributed by atoms with Crippen molar-refractivity contribution >= 4 is 60.9 Å². The van der Waals surface area contributed by atoms with Gasteiger partial charge in [0, 0.05) is 33.9 Å². The molecule has 0 saturated carbocycles. The van der Waals surface area contributed by atoms with Gasteiger partial charge in [-0.25, -0.2) is 4.98 Å². The normalized spacial score (nSPS) is 11.6. The van der Waals surface area contributed by atoms with Gasteiger partial charge in [0.2, 0.25) is 5.89 Å². The third-order valence-electron chi connectivity index (χ3n) is 7.26. The minimum absolute atomic E-state index is 0.562. The number of para-hydroxylation sites is 4. The van der Waals surface area contributed by atoms with Crippen LogP contribution < -0.4 is 4.90 Å². The molecule has 184 valence electrons. The van der Waals surface area contributed by atoms with Gasteiger partial charge in [0.1, 0.15) is 16.7 Å². The van der Waals surface area contributed by atoms with Crippen molar-refractivity contribution in [2.75, 3.05) is 4.90 Å². The van der Waals surface area contributed by atoms with Crippen molar-refractivity contribution in [3.05, 3.63) is 133 Å². The monoisotopic (exact) mass is 502 g/mol. The summed E-state index contributed by atoms with van der Waals surface area (Å²) in [5.41, 5.74) is 7.23. The van der Waals surface area contributed by atoms with Crippen LogP contribution in [0.1, 0.15) is 0 Å². The molecule has 4 heteroatoms. The predicted molar refractivity (Wildman–Crippen MR) is 159 cm³/mol. The van der Waals surface area contributed by atoms with Gasteiger partial charge >= 0.3 is 0 Å². The molecule has 0 unspecified atom stereocenters. The Morgan fingerprint density at radius 3 is 1.95 bits per heavy atom. The number of hydrogen-bond acceptors (Lipinski definition) is 4. The van der Waals surface area contributed by atoms with Crippen LogP contribution in [0.5, 0.6) is 0 Å². The van der Waals surface area contributed by atoms with Crippen LogP contribution in [-0.4, -0.2) is 4.98 Å². The van der Waals surface area contributed by atoms with Crippen LogP contribution in [0, 0.1) is 0 Å². The number of nitrogens with zero attached hydrogens (tertiary/aromatic N) is 2. The molecule has 6 aromatic carbocycles. The highest BCUT2D eigenvalue weighted by Crippen LogP contribution is 2.43. The third-order valence-corrected chi connectivity index (χ3v) is 7.26. The van der Waals surface area contributed by atoms with Crippen molar-refractivity contribution in [3.63, 3.8) is 0 Å². The van der Waals surface area contributed by atoms with E-state index in [4.69, 9.17) is 13.8 Å². The van der Waals surface area contributed by atoms with E-state index in [2.05, 4.69) is 95.9 Å². The van der Waals surface area contributed by atoms with Gasteiger partial charge in [-0.15, -0.1) is 0 Å². The summed E-state index contributed by atoms with van der Waals surface area (Å²) in [7, 11) is 0. The summed E-state index contributed by atoms with van der Waals surface area (Å²) in [5.74, 6) is 0.562. The Kier molecular flexibility index (Phi) is 4.79. The molecule has 0 bridgehead atoms. The van der Waals surface area contributed by atoms with Gasteiger partial charge in [-0.1, -0.05) is 72.8 Å². The molecule has 0 fully saturated rings. The zero-order valence-corrected chi connectivity index (χ0v) is 20.9. The predicted octanol–water partition coefficient (Wildman–Crippen LogP) is 10.0. The Hall–Kier alpha value is -5.35. The second-order valence-electron chi connectivity index (χ2n) is 9.63. The Morgan fingerprint density at radius 1 is 0.487 bits per heavy atom. The molecule has 2 aromatic heterocycles. The fourth-order valence-electron chi connectivity index (χ4n) is 5.49. The molecular weight excluding hydrogens is 480 g/mol. The smallest absolute Gasteiger partial charge is 0.231 e. The number of anilines is 3. The number of benzene rings is 6. The summed E-state index contributed by atoms with van der Waals surface area (Å²) in [5, 5.41) is 4.26. The number of fused-ring (bicyclic) bond motifs is 5. The molecule has 2 heterocycles. The van der Waals surface area contributed by atoms with E-state index in [1.165, 1.54) is 0 Å². The fourth-order valence-corrected chi connectivity index (χ4v) is 5.49. The van der Waals surface area contributed by atoms with E-state index in [-0.39, 0.29) is 0 Å². The second kappa shape index (κ2) is 8.61. The zero-order chi connectivity index (χ0) is 25.8. The van der Waals surface area contributed by atoms with Crippen molar-refractivity contribution in [2.45, 2.75) is 0 Å². The molecule has 0 aliphatic rings. The van der Waals surface area contributed by atoms with E-state index in [1.807, 2.05) is 42.5 Å². The number of rotatable bonds is 4. The van der Waals surface area contributed by atoms with E-state index < -0.39 is 0 Å². The number of oxazole rings is 1. The van der Waals surface area contributed by atoms with Gasteiger partial charge < -0.3 is 13.7 Å². The van der Waals surface area contributed by atoms with Gasteiger partial charge in [0.15, 0.2) is 5.58 Å². The second-order valence-corrected chi connectivity index (χ2v) is 9.63. The van der Waals surface area contributed by atoms with Gasteiger partial charge in [-0.2, -0.15) is 0 Å². The first-order chi connectivity index (χ1) is 19.3. The molecule has 0 spiro atoms. The van der Waals surface area contributed by atoms with E-state index in [0.29, 0.717) is 5.89 Å². The first-order valence-corrected chi connectivity index (χ1v) is 13.0. The van der Waals surface area contributed by atoms with E-state index >= 15 is 0 Å². The Balaban J connectivity index is 1.39. The number of hydrogen-bond donors (Lipinski definition) is 0. The first-order valence-electron chi connectivity index (χ1n) is 13.0. The molecule has 0 radical (unpaired) electrons. The SMILES string of the molecule is c1ccc(N(c2ccccc2)c2ccc3c(c2)oc2c(-c4nc5ccccc5o4)c4ccccc4cc23)cc1. The quantitative estimate of drug-likeness (QED) is 0.240. The van der Waals surface area contributed by atoms with Gasteiger partial charge in [-0.05, 0) is 65.4 Å². The average Bonchev–Trinajstić information content (AvgIpc) is 3.58. The van der Waals surface area contributed by atoms with Gasteiger partial charge in [-0.3, -0.25) is 0 Å². The summed E-state index contributed by atoms with van der Waals surface area (Å²) in [6.45, 7) is 0. The highest BCUT2D eigenvalue weighted by Gasteiger charge is 2.21. The maximum absolute atomic E-state index is 6.68. The van der Waals surface area contributed by atoms with Crippen molar-refractivity contribution in [2.24, 2.45) is 0 Å². The molecule has 0 aliphatic heterocycles. The summed E-state index contributed by atoms with van der Waals surface area (Å²) in [6, 6.07) is 45.6. The van der Waals surface area contributed by atoms with Crippen LogP contribution in [0.25, 0.3) is 55.3 Å². The van der Waals surface area contributed by atoms with Gasteiger partial charge in [0.25, 0.3) is 0 Å². The molecule has 0 atom stereocenters. The fraction of sp³-hybridized carbons (Fsp3) is 0. The summed E-state index contributed by atoms with van der Waals surface area (Å²) in [6.07, 6.45) is 0. The molecule has 0 N–H and O–H groups in total. The highest BCUT2D eigenvalue weighted by atomic mass is 16.4. The summed E-state index contributed by atoms with van der Waals surface area (Å²) < 4.78 is 12.9. The van der Waals surface area contributed by atoms with Gasteiger partial charge in [0.05, 0.1) is 5.56 Å². The van der Waals surface area contributed by atoms with Crippen molar-refractivity contribution in [3.8, 4) is 11.5 Å². The standard InChI is InChI=1S/C35H22N2O2/c1-3-12-24(13-4-1)37(25-14-5-2-6-15-25)26-19-20-28-29-21-23-11-7-8-16-27(23)33(34(29)38-32(28)22-26)35-36-30-17-9-10-18-31(30)39-35/h1-22H. The zero-order valence-electron chi connectivity index (χ0n) is 20.9. The van der Waals surface area contributed by atoms with Crippen LogP contribution in [-0.2, 0) is 0 Å². The van der Waals surface area contributed by atoms with E-state index in [9.17, 15) is 0 Å². The largest absolute Gasteiger partial charge is 0.455 e. The van der Waals surface area contributed by atoms with Crippen molar-refractivity contribution in [1.29, 1.82) is 0 Å². The minimum Gasteiger partial charge on any atom is -0.455 e. The van der Waals surface area contributed by atoms with E-state index in [1.54, 1.807) is 0 Å². The molecule has 8 rings (SSSR count). The lowest BCUT2D eigenvalue weighted by Gasteiger charge is -2.25. The van der Waals surface area contributed by atoms with Crippen LogP contribution in [0.4, 0.5) is 17.1 Å². The maximum Gasteiger partial charge on any atom is 0.231 e. The molecule has 39 heavy (non-hydrogen) atoms. The lowest BCUT2D eigenvalue weighted by atomic mass is 10.00. The molecule has 4 nitrogen and oxygen atoms in total. The Morgan fingerprint density at radius 2 is 1.18 bits per heavy atom. The molecule has 0 aliphatic carbocycles. The number of furan rings is 1. The molecule has 8 aromatic rings. The van der Waals surface area contributed by atoms with Crippen molar-refractivity contribution < 1.29 is 8.83 Å². The summed E-state index contributed by atoms with van der Waals surface area (Å²) >= 11 is 0. The van der Waals surface area contributed by atoms with E-state index in [0.717, 1.165) is 66.4 Å². The summed E-state index contributed by atoms with van der Waals surface area (Å²) in [4.78, 5) is 7.08. The Bertz CT molecular complexity index is 2050. The van der Waals surface area contributed by atoms with Crippen LogP contribution >= 0.6 is 0 Å². The molecular formula is C35H22N2O2. The highest BCUT2D eigenvalue weighted by molar-refractivity contribution is 6.18. The first kappa shape index (κ1) is 21.7. The molecule has 0 saturated heterocycles. The number of aromatic nitrogens is 1. The minimum atomic E-state index is 0.562. The van der Waals surface area contributed by atoms with Crippen LogP contribution in [0.3, 0.4) is 0 Å². The topological polar surface area (TPSA) is 42.4 Å². The lowest BCUT2D eigenvalue weighted by Crippen LogP contribution is -2.09.